The summed E-state index contributed by atoms with van der Waals surface area (Å²) in [6, 6.07) is 7.30. The molecule has 3 aromatic rings. The lowest BCUT2D eigenvalue weighted by Gasteiger charge is -2.42. The van der Waals surface area contributed by atoms with Crippen LogP contribution in [0.3, 0.4) is 0 Å². The van der Waals surface area contributed by atoms with E-state index in [1.807, 2.05) is 18.2 Å². The van der Waals surface area contributed by atoms with Crippen LogP contribution in [-0.2, 0) is 5.60 Å². The number of hydrogen-bond acceptors (Lipinski definition) is 6. The molecule has 0 atom stereocenters. The third-order valence-electron chi connectivity index (χ3n) is 4.43. The van der Waals surface area contributed by atoms with Crippen LogP contribution in [0, 0.1) is 0 Å². The fourth-order valence-corrected chi connectivity index (χ4v) is 4.22. The zero-order valence-corrected chi connectivity index (χ0v) is 14.2. The number of pyridine rings is 2. The van der Waals surface area contributed by atoms with Crippen molar-refractivity contribution in [2.75, 3.05) is 18.1 Å². The van der Waals surface area contributed by atoms with E-state index in [1.165, 1.54) is 11.3 Å². The van der Waals surface area contributed by atoms with Gasteiger partial charge in [0, 0.05) is 41.9 Å². The summed E-state index contributed by atoms with van der Waals surface area (Å²) in [5.74, 6) is -2.39. The lowest BCUT2D eigenvalue weighted by Crippen LogP contribution is -2.48. The summed E-state index contributed by atoms with van der Waals surface area (Å²) in [4.78, 5) is 9.96. The molecule has 1 saturated carbocycles. The molecule has 1 aliphatic rings. The number of nitrogens with two attached hydrogens (primary N) is 1. The summed E-state index contributed by atoms with van der Waals surface area (Å²) in [5, 5.41) is 14.2. The minimum absolute atomic E-state index is 0.402. The number of fused-ring (bicyclic) bond motifs is 1. The maximum atomic E-state index is 13.2. The van der Waals surface area contributed by atoms with Gasteiger partial charge in [-0.25, -0.2) is 18.7 Å². The predicted molar refractivity (Wildman–Crippen MR) is 94.9 cm³/mol. The van der Waals surface area contributed by atoms with E-state index in [9.17, 15) is 13.9 Å². The molecule has 0 amide bonds. The molecule has 0 spiro atoms. The molecule has 0 radical (unpaired) electrons. The molecule has 8 heteroatoms. The second kappa shape index (κ2) is 5.34. The molecule has 5 nitrogen and oxygen atoms in total. The Morgan fingerprint density at radius 2 is 2.04 bits per heavy atom. The third-order valence-corrected chi connectivity index (χ3v) is 5.67. The molecule has 0 aromatic carbocycles. The van der Waals surface area contributed by atoms with Crippen molar-refractivity contribution in [3.05, 3.63) is 35.3 Å². The molecule has 0 aliphatic heterocycles. The van der Waals surface area contributed by atoms with Crippen molar-refractivity contribution in [2.24, 2.45) is 0 Å². The van der Waals surface area contributed by atoms with Crippen LogP contribution >= 0.6 is 11.3 Å². The first-order valence-corrected chi connectivity index (χ1v) is 8.56. The fraction of sp³-hybridized carbons (Fsp3) is 0.294. The first-order valence-electron chi connectivity index (χ1n) is 7.75. The van der Waals surface area contributed by atoms with Gasteiger partial charge in [0.2, 0.25) is 0 Å². The van der Waals surface area contributed by atoms with E-state index in [1.54, 1.807) is 19.3 Å². The first kappa shape index (κ1) is 16.2. The van der Waals surface area contributed by atoms with Crippen molar-refractivity contribution in [2.45, 2.75) is 24.4 Å². The van der Waals surface area contributed by atoms with E-state index in [0.717, 1.165) is 10.9 Å². The molecule has 3 aromatic heterocycles. The van der Waals surface area contributed by atoms with Crippen LogP contribution in [0.5, 0.6) is 0 Å². The lowest BCUT2D eigenvalue weighted by molar-refractivity contribution is -0.208. The van der Waals surface area contributed by atoms with Gasteiger partial charge in [-0.15, -0.1) is 11.3 Å². The van der Waals surface area contributed by atoms with Gasteiger partial charge in [-0.2, -0.15) is 0 Å². The van der Waals surface area contributed by atoms with Crippen LogP contribution in [0.2, 0.25) is 0 Å². The average Bonchev–Trinajstić information content (AvgIpc) is 2.97. The summed E-state index contributed by atoms with van der Waals surface area (Å²) in [6.45, 7) is 0. The number of aromatic nitrogens is 2. The molecule has 0 bridgehead atoms. The van der Waals surface area contributed by atoms with Gasteiger partial charge < -0.3 is 16.2 Å². The highest BCUT2D eigenvalue weighted by atomic mass is 32.1. The highest BCUT2D eigenvalue weighted by Gasteiger charge is 2.57. The Balaban J connectivity index is 1.72. The zero-order valence-electron chi connectivity index (χ0n) is 13.4. The lowest BCUT2D eigenvalue weighted by atomic mass is 9.75. The van der Waals surface area contributed by atoms with Gasteiger partial charge in [0.25, 0.3) is 5.92 Å². The minimum atomic E-state index is -2.79. The minimum Gasteiger partial charge on any atom is -0.385 e. The second-order valence-electron chi connectivity index (χ2n) is 6.35. The van der Waals surface area contributed by atoms with Crippen LogP contribution in [0.25, 0.3) is 21.5 Å². The number of thiophene rings is 1. The largest absolute Gasteiger partial charge is 0.385 e. The molecule has 25 heavy (non-hydrogen) atoms. The van der Waals surface area contributed by atoms with Gasteiger partial charge in [-0.1, -0.05) is 0 Å². The van der Waals surface area contributed by atoms with Crippen molar-refractivity contribution in [3.63, 3.8) is 0 Å². The van der Waals surface area contributed by atoms with Crippen LogP contribution in [-0.4, -0.2) is 28.0 Å². The van der Waals surface area contributed by atoms with E-state index in [2.05, 4.69) is 15.3 Å². The van der Waals surface area contributed by atoms with E-state index >= 15 is 0 Å². The maximum Gasteiger partial charge on any atom is 0.254 e. The Bertz CT molecular complexity index is 964. The van der Waals surface area contributed by atoms with Crippen LogP contribution in [0.15, 0.2) is 30.5 Å². The summed E-state index contributed by atoms with van der Waals surface area (Å²) in [5.41, 5.74) is 6.54. The van der Waals surface area contributed by atoms with Crippen molar-refractivity contribution in [3.8, 4) is 11.3 Å². The molecular weight excluding hydrogens is 346 g/mol. The molecule has 0 unspecified atom stereocenters. The molecular formula is C17H16F2N4OS. The Hall–Kier alpha value is -2.32. The second-order valence-corrected chi connectivity index (χ2v) is 7.38. The highest BCUT2D eigenvalue weighted by molar-refractivity contribution is 7.18. The summed E-state index contributed by atoms with van der Waals surface area (Å²) in [6.07, 6.45) is 0.569. The average molecular weight is 362 g/mol. The highest BCUT2D eigenvalue weighted by Crippen LogP contribution is 2.53. The normalized spacial score (nSPS) is 18.1. The Morgan fingerprint density at radius 3 is 2.72 bits per heavy atom. The van der Waals surface area contributed by atoms with Gasteiger partial charge in [0.1, 0.15) is 16.2 Å². The summed E-state index contributed by atoms with van der Waals surface area (Å²) in [7, 11) is 1.76. The van der Waals surface area contributed by atoms with Crippen LogP contribution in [0.1, 0.15) is 17.7 Å². The van der Waals surface area contributed by atoms with Crippen molar-refractivity contribution in [1.29, 1.82) is 0 Å². The first-order chi connectivity index (χ1) is 11.8. The topological polar surface area (TPSA) is 84.1 Å². The standard InChI is InChI=1S/C17H16F2N4OS/c1-21-12-4-10(6-22-14(12)20)11-3-2-9-5-13(25-15(9)23-11)16(24)7-17(18,19)8-16/h2-6,21,24H,7-8H2,1H3,(H2,20,22). The Labute approximate surface area is 146 Å². The molecule has 4 rings (SSSR count). The van der Waals surface area contributed by atoms with Gasteiger partial charge in [-0.05, 0) is 24.3 Å². The number of halogens is 2. The number of alkyl halides is 2. The Morgan fingerprint density at radius 1 is 1.28 bits per heavy atom. The fourth-order valence-electron chi connectivity index (χ4n) is 3.10. The molecule has 1 aliphatic carbocycles. The van der Waals surface area contributed by atoms with Crippen molar-refractivity contribution < 1.29 is 13.9 Å². The molecule has 1 fully saturated rings. The van der Waals surface area contributed by atoms with Gasteiger partial charge >= 0.3 is 0 Å². The van der Waals surface area contributed by atoms with Gasteiger partial charge in [-0.3, -0.25) is 0 Å². The van der Waals surface area contributed by atoms with Crippen LogP contribution in [0.4, 0.5) is 20.3 Å². The number of rotatable bonds is 3. The molecule has 4 N–H and O–H groups in total. The quantitative estimate of drug-likeness (QED) is 0.663. The smallest absolute Gasteiger partial charge is 0.254 e. The number of anilines is 2. The monoisotopic (exact) mass is 362 g/mol. The van der Waals surface area contributed by atoms with E-state index in [4.69, 9.17) is 5.73 Å². The number of aliphatic hydroxyl groups is 1. The summed E-state index contributed by atoms with van der Waals surface area (Å²) >= 11 is 1.25. The third kappa shape index (κ3) is 2.71. The van der Waals surface area contributed by atoms with Gasteiger partial charge in [0.15, 0.2) is 0 Å². The predicted octanol–water partition coefficient (Wildman–Crippen LogP) is 3.60. The van der Waals surface area contributed by atoms with E-state index in [0.29, 0.717) is 26.9 Å². The summed E-state index contributed by atoms with van der Waals surface area (Å²) < 4.78 is 26.3. The zero-order chi connectivity index (χ0) is 17.8. The van der Waals surface area contributed by atoms with Gasteiger partial charge in [0.05, 0.1) is 11.4 Å². The number of hydrogen-bond donors (Lipinski definition) is 3. The SMILES string of the molecule is CNc1cc(-c2ccc3cc(C4(O)CC(F)(F)C4)sc3n2)cnc1N. The van der Waals surface area contributed by atoms with E-state index in [-0.39, 0.29) is 0 Å². The van der Waals surface area contributed by atoms with E-state index < -0.39 is 24.4 Å². The van der Waals surface area contributed by atoms with Crippen molar-refractivity contribution >= 4 is 33.1 Å². The van der Waals surface area contributed by atoms with Crippen molar-refractivity contribution in [1.82, 2.24) is 9.97 Å². The molecule has 3 heterocycles. The van der Waals surface area contributed by atoms with Crippen LogP contribution < -0.4 is 11.1 Å². The molecule has 0 saturated heterocycles. The number of nitrogens with one attached hydrogen (secondary N) is 1. The molecule has 130 valence electrons. The number of nitrogens with zero attached hydrogens (tertiary/aromatic N) is 2. The maximum absolute atomic E-state index is 13.2. The Kier molecular flexibility index (Phi) is 3.45. The number of nitrogen functional groups attached to an aromatic ring is 1.